The van der Waals surface area contributed by atoms with Crippen molar-refractivity contribution in [3.8, 4) is 0 Å². The molecule has 3 atom stereocenters. The van der Waals surface area contributed by atoms with E-state index in [0.29, 0.717) is 11.6 Å². The molecule has 2 saturated heterocycles. The van der Waals surface area contributed by atoms with Crippen molar-refractivity contribution in [3.63, 3.8) is 0 Å². The third kappa shape index (κ3) is 3.18. The van der Waals surface area contributed by atoms with Crippen LogP contribution < -0.4 is 0 Å². The Morgan fingerprint density at radius 2 is 1.71 bits per heavy atom. The number of fused-ring (bicyclic) bond motifs is 1. The molecule has 2 rings (SSSR count). The zero-order chi connectivity index (χ0) is 12.8. The highest BCUT2D eigenvalue weighted by atomic mass is 32.2. The monoisotopic (exact) mass is 257 g/mol. The Kier molecular flexibility index (Phi) is 3.57. The first kappa shape index (κ1) is 13.7. The Hall–Kier alpha value is 0.270. The zero-order valence-corrected chi connectivity index (χ0v) is 12.9. The van der Waals surface area contributed by atoms with Crippen LogP contribution in [-0.4, -0.2) is 46.2 Å². The third-order valence-corrected chi connectivity index (χ3v) is 5.16. The van der Waals surface area contributed by atoms with Crippen LogP contribution in [0.4, 0.5) is 0 Å². The van der Waals surface area contributed by atoms with Gasteiger partial charge in [-0.2, -0.15) is 11.8 Å². The molecular formula is C14H27NOS. The van der Waals surface area contributed by atoms with Gasteiger partial charge in [0.05, 0.1) is 11.7 Å². The molecule has 2 fully saturated rings. The number of ether oxygens (including phenoxy) is 1. The topological polar surface area (TPSA) is 12.5 Å². The Morgan fingerprint density at radius 3 is 2.24 bits per heavy atom. The van der Waals surface area contributed by atoms with Gasteiger partial charge in [0.25, 0.3) is 0 Å². The average Bonchev–Trinajstić information content (AvgIpc) is 2.63. The van der Waals surface area contributed by atoms with Crippen molar-refractivity contribution in [2.75, 3.05) is 18.8 Å². The highest BCUT2D eigenvalue weighted by Gasteiger charge is 2.47. The lowest BCUT2D eigenvalue weighted by atomic mass is 10.0. The number of rotatable bonds is 1. The van der Waals surface area contributed by atoms with E-state index in [-0.39, 0.29) is 5.60 Å². The van der Waals surface area contributed by atoms with Gasteiger partial charge in [-0.1, -0.05) is 0 Å². The predicted octanol–water partition coefficient (Wildman–Crippen LogP) is 3.02. The van der Waals surface area contributed by atoms with E-state index in [0.717, 1.165) is 11.2 Å². The van der Waals surface area contributed by atoms with E-state index in [2.05, 4.69) is 58.2 Å². The first-order valence-electron chi connectivity index (χ1n) is 6.71. The van der Waals surface area contributed by atoms with Crippen LogP contribution in [0.15, 0.2) is 0 Å². The van der Waals surface area contributed by atoms with Crippen LogP contribution in [0.25, 0.3) is 0 Å². The van der Waals surface area contributed by atoms with Crippen molar-refractivity contribution in [2.24, 2.45) is 5.92 Å². The molecule has 0 saturated carbocycles. The Morgan fingerprint density at radius 1 is 1.06 bits per heavy atom. The maximum atomic E-state index is 6.23. The summed E-state index contributed by atoms with van der Waals surface area (Å²) in [5.74, 6) is 1.92. The van der Waals surface area contributed by atoms with Gasteiger partial charge in [-0.05, 0) is 41.5 Å². The van der Waals surface area contributed by atoms with E-state index in [1.165, 1.54) is 18.8 Å². The smallest absolute Gasteiger partial charge is 0.0724 e. The first-order chi connectivity index (χ1) is 7.67. The predicted molar refractivity (Wildman–Crippen MR) is 75.7 cm³/mol. The summed E-state index contributed by atoms with van der Waals surface area (Å²) in [6, 6.07) is 0. The van der Waals surface area contributed by atoms with Crippen LogP contribution >= 0.6 is 11.8 Å². The molecule has 0 radical (unpaired) electrons. The van der Waals surface area contributed by atoms with E-state index < -0.39 is 0 Å². The maximum absolute atomic E-state index is 6.23. The summed E-state index contributed by atoms with van der Waals surface area (Å²) in [6.45, 7) is 15.9. The molecule has 3 heteroatoms. The van der Waals surface area contributed by atoms with Crippen molar-refractivity contribution in [1.29, 1.82) is 0 Å². The molecule has 0 amide bonds. The molecule has 0 spiro atoms. The van der Waals surface area contributed by atoms with Crippen LogP contribution in [0.3, 0.4) is 0 Å². The van der Waals surface area contributed by atoms with Gasteiger partial charge in [0, 0.05) is 35.5 Å². The fourth-order valence-corrected chi connectivity index (χ4v) is 4.34. The van der Waals surface area contributed by atoms with Crippen LogP contribution in [0.1, 0.15) is 41.5 Å². The summed E-state index contributed by atoms with van der Waals surface area (Å²) >= 11 is 2.11. The van der Waals surface area contributed by atoms with Crippen LogP contribution in [0, 0.1) is 5.92 Å². The van der Waals surface area contributed by atoms with E-state index in [1.54, 1.807) is 0 Å². The summed E-state index contributed by atoms with van der Waals surface area (Å²) in [5, 5.41) is 0.793. The second-order valence-corrected chi connectivity index (χ2v) is 8.65. The molecule has 2 nitrogen and oxygen atoms in total. The van der Waals surface area contributed by atoms with Crippen molar-refractivity contribution >= 4 is 11.8 Å². The molecule has 2 aliphatic rings. The van der Waals surface area contributed by atoms with Crippen molar-refractivity contribution in [3.05, 3.63) is 0 Å². The van der Waals surface area contributed by atoms with Crippen molar-refractivity contribution < 1.29 is 4.74 Å². The van der Waals surface area contributed by atoms with E-state index >= 15 is 0 Å². The minimum absolute atomic E-state index is 0.00469. The second kappa shape index (κ2) is 4.43. The molecule has 0 aromatic heterocycles. The van der Waals surface area contributed by atoms with Gasteiger partial charge in [0.15, 0.2) is 0 Å². The van der Waals surface area contributed by atoms with E-state index in [1.807, 2.05) is 0 Å². The van der Waals surface area contributed by atoms with Crippen molar-refractivity contribution in [1.82, 2.24) is 4.90 Å². The Bertz CT molecular complexity index is 279. The van der Waals surface area contributed by atoms with Crippen LogP contribution in [0.5, 0.6) is 0 Å². The molecule has 17 heavy (non-hydrogen) atoms. The summed E-state index contributed by atoms with van der Waals surface area (Å²) < 4.78 is 6.23. The summed E-state index contributed by atoms with van der Waals surface area (Å²) in [6.07, 6.45) is 0.456. The van der Waals surface area contributed by atoms with Crippen LogP contribution in [-0.2, 0) is 4.74 Å². The number of nitrogens with zero attached hydrogens (tertiary/aromatic N) is 1. The lowest BCUT2D eigenvalue weighted by Crippen LogP contribution is -2.41. The quantitative estimate of drug-likeness (QED) is 0.716. The standard InChI is InChI=1S/C14H27NOS/c1-13(2,3)15-7-10-11(16-14(4,5)6)9-17-12(10)8-15/h10-12H,7-9H2,1-6H3. The molecule has 0 aromatic rings. The average molecular weight is 257 g/mol. The molecule has 0 N–H and O–H groups in total. The number of thioether (sulfide) groups is 1. The first-order valence-corrected chi connectivity index (χ1v) is 7.76. The number of hydrogen-bond donors (Lipinski definition) is 0. The van der Waals surface area contributed by atoms with Crippen LogP contribution in [0.2, 0.25) is 0 Å². The molecule has 100 valence electrons. The molecule has 3 unspecified atom stereocenters. The molecule has 2 aliphatic heterocycles. The molecule has 0 aliphatic carbocycles. The van der Waals surface area contributed by atoms with Gasteiger partial charge < -0.3 is 4.74 Å². The Labute approximate surface area is 110 Å². The third-order valence-electron chi connectivity index (χ3n) is 3.71. The summed E-state index contributed by atoms with van der Waals surface area (Å²) in [4.78, 5) is 2.62. The lowest BCUT2D eigenvalue weighted by molar-refractivity contribution is -0.0685. The largest absolute Gasteiger partial charge is 0.371 e. The zero-order valence-electron chi connectivity index (χ0n) is 12.1. The SMILES string of the molecule is CC(C)(C)OC1CSC2CN(C(C)(C)C)CC12. The van der Waals surface area contributed by atoms with Gasteiger partial charge in [-0.3, -0.25) is 4.90 Å². The fraction of sp³-hybridized carbons (Fsp3) is 1.00. The van der Waals surface area contributed by atoms with E-state index in [4.69, 9.17) is 4.74 Å². The molecule has 0 bridgehead atoms. The Balaban J connectivity index is 1.99. The summed E-state index contributed by atoms with van der Waals surface area (Å²) in [7, 11) is 0. The molecular weight excluding hydrogens is 230 g/mol. The summed E-state index contributed by atoms with van der Waals surface area (Å²) in [5.41, 5.74) is 0.298. The van der Waals surface area contributed by atoms with Gasteiger partial charge in [-0.15, -0.1) is 0 Å². The minimum atomic E-state index is -0.00469. The van der Waals surface area contributed by atoms with Gasteiger partial charge in [0.2, 0.25) is 0 Å². The number of hydrogen-bond acceptors (Lipinski definition) is 3. The minimum Gasteiger partial charge on any atom is -0.371 e. The highest BCUT2D eigenvalue weighted by molar-refractivity contribution is 8.00. The lowest BCUT2D eigenvalue weighted by Gasteiger charge is -2.33. The maximum Gasteiger partial charge on any atom is 0.0724 e. The second-order valence-electron chi connectivity index (χ2n) is 7.38. The molecule has 0 aromatic carbocycles. The van der Waals surface area contributed by atoms with E-state index in [9.17, 15) is 0 Å². The highest BCUT2D eigenvalue weighted by Crippen LogP contribution is 2.42. The van der Waals surface area contributed by atoms with Crippen molar-refractivity contribution in [2.45, 2.75) is 64.0 Å². The molecule has 2 heterocycles. The number of likely N-dealkylation sites (tertiary alicyclic amines) is 1. The fourth-order valence-electron chi connectivity index (χ4n) is 2.80. The van der Waals surface area contributed by atoms with Gasteiger partial charge in [0.1, 0.15) is 0 Å². The normalized spacial score (nSPS) is 35.3. The van der Waals surface area contributed by atoms with Gasteiger partial charge in [-0.25, -0.2) is 0 Å². The van der Waals surface area contributed by atoms with Gasteiger partial charge >= 0.3 is 0 Å².